The Morgan fingerprint density at radius 2 is 2.23 bits per heavy atom. The predicted octanol–water partition coefficient (Wildman–Crippen LogP) is 3.20. The van der Waals surface area contributed by atoms with Crippen LogP contribution in [0.4, 0.5) is 10.1 Å². The number of hydrogen-bond acceptors (Lipinski definition) is 5. The molecule has 1 saturated heterocycles. The second-order valence-electron chi connectivity index (χ2n) is 6.71. The second kappa shape index (κ2) is 7.75. The lowest BCUT2D eigenvalue weighted by Crippen LogP contribution is -2.19. The molecule has 26 heavy (non-hydrogen) atoms. The van der Waals surface area contributed by atoms with Crippen LogP contribution in [0.3, 0.4) is 0 Å². The second-order valence-corrected chi connectivity index (χ2v) is 7.65. The topological polar surface area (TPSA) is 69.0 Å². The predicted molar refractivity (Wildman–Crippen MR) is 96.7 cm³/mol. The Morgan fingerprint density at radius 3 is 2.96 bits per heavy atom. The van der Waals surface area contributed by atoms with E-state index in [-0.39, 0.29) is 23.6 Å². The monoisotopic (exact) mass is 376 g/mol. The van der Waals surface area contributed by atoms with Gasteiger partial charge in [0.15, 0.2) is 5.16 Å². The highest BCUT2D eigenvalue weighted by Crippen LogP contribution is 2.40. The molecule has 1 atom stereocenters. The van der Waals surface area contributed by atoms with Gasteiger partial charge >= 0.3 is 0 Å². The molecule has 8 heteroatoms. The van der Waals surface area contributed by atoms with E-state index < -0.39 is 0 Å². The fourth-order valence-corrected chi connectivity index (χ4v) is 3.86. The molecule has 2 aliphatic rings. The largest absolute Gasteiger partial charge is 0.376 e. The summed E-state index contributed by atoms with van der Waals surface area (Å²) in [5, 5.41) is 12.1. The molecule has 0 bridgehead atoms. The van der Waals surface area contributed by atoms with Gasteiger partial charge in [0.25, 0.3) is 0 Å². The van der Waals surface area contributed by atoms with Crippen LogP contribution in [0.2, 0.25) is 0 Å². The normalized spacial score (nSPS) is 19.7. The molecule has 4 rings (SSSR count). The third-order valence-electron chi connectivity index (χ3n) is 4.54. The number of halogens is 1. The van der Waals surface area contributed by atoms with Crippen LogP contribution in [0.25, 0.3) is 0 Å². The first-order valence-corrected chi connectivity index (χ1v) is 9.90. The Labute approximate surface area is 155 Å². The zero-order valence-corrected chi connectivity index (χ0v) is 15.2. The molecule has 0 radical (unpaired) electrons. The van der Waals surface area contributed by atoms with Crippen molar-refractivity contribution in [2.75, 3.05) is 17.7 Å². The number of ether oxygens (including phenoxy) is 1. The number of nitrogens with zero attached hydrogens (tertiary/aromatic N) is 3. The summed E-state index contributed by atoms with van der Waals surface area (Å²) in [5.74, 6) is 1.12. The fourth-order valence-electron chi connectivity index (χ4n) is 3.11. The van der Waals surface area contributed by atoms with Crippen molar-refractivity contribution in [3.05, 3.63) is 35.9 Å². The van der Waals surface area contributed by atoms with Gasteiger partial charge in [0, 0.05) is 18.2 Å². The number of carbonyl (C=O) groups is 1. The molecule has 1 aliphatic heterocycles. The zero-order valence-electron chi connectivity index (χ0n) is 14.4. The maximum absolute atomic E-state index is 13.2. The first-order chi connectivity index (χ1) is 12.7. The lowest BCUT2D eigenvalue weighted by Gasteiger charge is -2.14. The number of rotatable bonds is 7. The van der Waals surface area contributed by atoms with E-state index in [4.69, 9.17) is 4.74 Å². The van der Waals surface area contributed by atoms with E-state index in [1.807, 2.05) is 0 Å². The molecule has 1 aliphatic carbocycles. The van der Waals surface area contributed by atoms with Crippen LogP contribution in [-0.4, -0.2) is 39.1 Å². The van der Waals surface area contributed by atoms with Gasteiger partial charge in [0.05, 0.1) is 18.4 Å². The average Bonchev–Trinajstić information content (AvgIpc) is 3.18. The van der Waals surface area contributed by atoms with Crippen LogP contribution in [0.15, 0.2) is 29.4 Å². The van der Waals surface area contributed by atoms with E-state index in [1.54, 1.807) is 12.1 Å². The summed E-state index contributed by atoms with van der Waals surface area (Å²) >= 11 is 1.36. The first-order valence-electron chi connectivity index (χ1n) is 8.92. The molecule has 2 aromatic rings. The summed E-state index contributed by atoms with van der Waals surface area (Å²) in [4.78, 5) is 12.2. The summed E-state index contributed by atoms with van der Waals surface area (Å²) < 4.78 is 21.1. The number of carbonyl (C=O) groups excluding carboxylic acids is 1. The standard InChI is InChI=1S/C18H21FN4O2S/c19-13-3-1-4-14(9-13)20-16(24)11-26-18-22-21-17(12-6-7-12)23(18)10-15-5-2-8-25-15/h1,3-4,9,12,15H,2,5-8,10-11H2,(H,20,24). The van der Waals surface area contributed by atoms with Gasteiger partial charge in [-0.25, -0.2) is 4.39 Å². The van der Waals surface area contributed by atoms with E-state index in [0.29, 0.717) is 11.6 Å². The van der Waals surface area contributed by atoms with Crippen molar-refractivity contribution < 1.29 is 13.9 Å². The quantitative estimate of drug-likeness (QED) is 0.752. The molecule has 6 nitrogen and oxygen atoms in total. The van der Waals surface area contributed by atoms with E-state index in [1.165, 1.54) is 23.9 Å². The van der Waals surface area contributed by atoms with Crippen LogP contribution in [-0.2, 0) is 16.1 Å². The van der Waals surface area contributed by atoms with Crippen LogP contribution < -0.4 is 5.32 Å². The number of hydrogen-bond donors (Lipinski definition) is 1. The van der Waals surface area contributed by atoms with Crippen molar-refractivity contribution in [3.63, 3.8) is 0 Å². The maximum atomic E-state index is 13.2. The molecular formula is C18H21FN4O2S. The summed E-state index contributed by atoms with van der Waals surface area (Å²) in [6.07, 6.45) is 4.63. The van der Waals surface area contributed by atoms with Gasteiger partial charge in [-0.15, -0.1) is 10.2 Å². The van der Waals surface area contributed by atoms with E-state index >= 15 is 0 Å². The van der Waals surface area contributed by atoms with Crippen LogP contribution in [0.1, 0.15) is 37.4 Å². The third kappa shape index (κ3) is 4.24. The minimum atomic E-state index is -0.374. The molecule has 1 N–H and O–H groups in total. The number of nitrogens with one attached hydrogen (secondary N) is 1. The molecule has 1 aromatic carbocycles. The molecule has 138 valence electrons. The van der Waals surface area contributed by atoms with Crippen LogP contribution in [0, 0.1) is 5.82 Å². The van der Waals surface area contributed by atoms with Gasteiger partial charge in [-0.1, -0.05) is 17.8 Å². The van der Waals surface area contributed by atoms with Gasteiger partial charge < -0.3 is 14.6 Å². The van der Waals surface area contributed by atoms with E-state index in [2.05, 4.69) is 20.1 Å². The summed E-state index contributed by atoms with van der Waals surface area (Å²) in [5.41, 5.74) is 0.454. The highest BCUT2D eigenvalue weighted by Gasteiger charge is 2.31. The first kappa shape index (κ1) is 17.5. The Bertz CT molecular complexity index is 787. The van der Waals surface area contributed by atoms with E-state index in [0.717, 1.165) is 49.8 Å². The average molecular weight is 376 g/mol. The smallest absolute Gasteiger partial charge is 0.234 e. The molecule has 2 heterocycles. The number of anilines is 1. The number of amides is 1. The Morgan fingerprint density at radius 1 is 1.35 bits per heavy atom. The van der Waals surface area contributed by atoms with Crippen LogP contribution in [0.5, 0.6) is 0 Å². The van der Waals surface area contributed by atoms with E-state index in [9.17, 15) is 9.18 Å². The summed E-state index contributed by atoms with van der Waals surface area (Å²) in [7, 11) is 0. The van der Waals surface area contributed by atoms with Gasteiger partial charge in [0.2, 0.25) is 5.91 Å². The minimum absolute atomic E-state index is 0.194. The summed E-state index contributed by atoms with van der Waals surface area (Å²) in [6, 6.07) is 5.88. The van der Waals surface area contributed by atoms with Crippen molar-refractivity contribution in [3.8, 4) is 0 Å². The highest BCUT2D eigenvalue weighted by atomic mass is 32.2. The van der Waals surface area contributed by atoms with Crippen molar-refractivity contribution in [2.45, 2.75) is 49.4 Å². The molecule has 1 saturated carbocycles. The Kier molecular flexibility index (Phi) is 5.21. The Hall–Kier alpha value is -1.93. The number of benzene rings is 1. The molecule has 1 amide bonds. The summed E-state index contributed by atoms with van der Waals surface area (Å²) in [6.45, 7) is 1.55. The highest BCUT2D eigenvalue weighted by molar-refractivity contribution is 7.99. The lowest BCUT2D eigenvalue weighted by atomic mass is 10.2. The number of aromatic nitrogens is 3. The SMILES string of the molecule is O=C(CSc1nnc(C2CC2)n1CC1CCCO1)Nc1cccc(F)c1. The molecule has 0 spiro atoms. The number of thioether (sulfide) groups is 1. The van der Waals surface area contributed by atoms with Gasteiger partial charge in [0.1, 0.15) is 11.6 Å². The third-order valence-corrected chi connectivity index (χ3v) is 5.51. The molecule has 2 fully saturated rings. The maximum Gasteiger partial charge on any atom is 0.234 e. The van der Waals surface area contributed by atoms with Gasteiger partial charge in [-0.3, -0.25) is 4.79 Å². The van der Waals surface area contributed by atoms with Crippen molar-refractivity contribution in [2.24, 2.45) is 0 Å². The van der Waals surface area contributed by atoms with Crippen molar-refractivity contribution in [1.29, 1.82) is 0 Å². The lowest BCUT2D eigenvalue weighted by molar-refractivity contribution is -0.113. The molecule has 1 unspecified atom stereocenters. The van der Waals surface area contributed by atoms with Crippen molar-refractivity contribution >= 4 is 23.4 Å². The van der Waals surface area contributed by atoms with Crippen molar-refractivity contribution in [1.82, 2.24) is 14.8 Å². The fraction of sp³-hybridized carbons (Fsp3) is 0.500. The van der Waals surface area contributed by atoms with Crippen LogP contribution >= 0.6 is 11.8 Å². The van der Waals surface area contributed by atoms with Gasteiger partial charge in [-0.2, -0.15) is 0 Å². The zero-order chi connectivity index (χ0) is 17.9. The molecule has 1 aromatic heterocycles. The minimum Gasteiger partial charge on any atom is -0.376 e. The van der Waals surface area contributed by atoms with Gasteiger partial charge in [-0.05, 0) is 43.9 Å². The molecular weight excluding hydrogens is 355 g/mol. The Balaban J connectivity index is 1.40.